The average Bonchev–Trinajstić information content (AvgIpc) is 2.95. The highest BCUT2D eigenvalue weighted by molar-refractivity contribution is 8.00. The van der Waals surface area contributed by atoms with Gasteiger partial charge < -0.3 is 5.32 Å². The Morgan fingerprint density at radius 2 is 2.05 bits per heavy atom. The van der Waals surface area contributed by atoms with Crippen LogP contribution in [-0.4, -0.2) is 30.9 Å². The summed E-state index contributed by atoms with van der Waals surface area (Å²) in [4.78, 5) is 20.5. The Labute approximate surface area is 128 Å². The Bertz CT molecular complexity index is 586. The SMILES string of the molecule is CC[C@H](C)n1nccc1NC(=O)[C@@H](C)Sc1ncccn1. The van der Waals surface area contributed by atoms with Crippen molar-refractivity contribution in [1.29, 1.82) is 0 Å². The quantitative estimate of drug-likeness (QED) is 0.656. The van der Waals surface area contributed by atoms with E-state index in [1.54, 1.807) is 30.7 Å². The van der Waals surface area contributed by atoms with Crippen LogP contribution in [0, 0.1) is 0 Å². The first-order valence-corrected chi connectivity index (χ1v) is 7.77. The second kappa shape index (κ2) is 7.21. The van der Waals surface area contributed by atoms with E-state index in [4.69, 9.17) is 0 Å². The molecular weight excluding hydrogens is 286 g/mol. The molecule has 6 nitrogen and oxygen atoms in total. The summed E-state index contributed by atoms with van der Waals surface area (Å²) in [5.74, 6) is 0.633. The largest absolute Gasteiger partial charge is 0.310 e. The summed E-state index contributed by atoms with van der Waals surface area (Å²) in [5, 5.41) is 7.47. The van der Waals surface area contributed by atoms with Crippen LogP contribution in [0.1, 0.15) is 33.2 Å². The highest BCUT2D eigenvalue weighted by Gasteiger charge is 2.18. The molecule has 0 unspecified atom stereocenters. The van der Waals surface area contributed by atoms with Crippen LogP contribution in [0.4, 0.5) is 5.82 Å². The molecule has 0 spiro atoms. The number of aromatic nitrogens is 4. The van der Waals surface area contributed by atoms with Crippen LogP contribution >= 0.6 is 11.8 Å². The lowest BCUT2D eigenvalue weighted by atomic mass is 10.3. The molecule has 2 atom stereocenters. The molecule has 2 heterocycles. The number of nitrogens with zero attached hydrogens (tertiary/aromatic N) is 4. The molecule has 0 bridgehead atoms. The Balaban J connectivity index is 2.00. The minimum atomic E-state index is -0.285. The third kappa shape index (κ3) is 4.04. The fraction of sp³-hybridized carbons (Fsp3) is 0.429. The zero-order chi connectivity index (χ0) is 15.2. The van der Waals surface area contributed by atoms with Gasteiger partial charge in [0.1, 0.15) is 5.82 Å². The first-order chi connectivity index (χ1) is 10.1. The van der Waals surface area contributed by atoms with E-state index in [0.29, 0.717) is 5.16 Å². The summed E-state index contributed by atoms with van der Waals surface area (Å²) in [6.07, 6.45) is 5.97. The number of nitrogens with one attached hydrogen (secondary N) is 1. The van der Waals surface area contributed by atoms with Gasteiger partial charge in [0.2, 0.25) is 5.91 Å². The molecule has 0 radical (unpaired) electrons. The molecule has 7 heteroatoms. The molecule has 0 aliphatic rings. The van der Waals surface area contributed by atoms with Gasteiger partial charge in [-0.25, -0.2) is 14.6 Å². The van der Waals surface area contributed by atoms with E-state index < -0.39 is 0 Å². The fourth-order valence-corrected chi connectivity index (χ4v) is 2.45. The van der Waals surface area contributed by atoms with E-state index in [9.17, 15) is 4.79 Å². The highest BCUT2D eigenvalue weighted by Crippen LogP contribution is 2.21. The summed E-state index contributed by atoms with van der Waals surface area (Å²) in [5.41, 5.74) is 0. The molecule has 21 heavy (non-hydrogen) atoms. The number of hydrogen-bond donors (Lipinski definition) is 1. The van der Waals surface area contributed by atoms with Gasteiger partial charge in [0.25, 0.3) is 0 Å². The molecule has 0 saturated heterocycles. The van der Waals surface area contributed by atoms with Crippen molar-refractivity contribution >= 4 is 23.5 Å². The van der Waals surface area contributed by atoms with Crippen molar-refractivity contribution < 1.29 is 4.79 Å². The zero-order valence-corrected chi connectivity index (χ0v) is 13.2. The average molecular weight is 305 g/mol. The van der Waals surface area contributed by atoms with E-state index in [0.717, 1.165) is 12.2 Å². The number of thioether (sulfide) groups is 1. The second-order valence-corrected chi connectivity index (χ2v) is 6.01. The highest BCUT2D eigenvalue weighted by atomic mass is 32.2. The minimum Gasteiger partial charge on any atom is -0.310 e. The molecule has 112 valence electrons. The predicted molar refractivity (Wildman–Crippen MR) is 83.2 cm³/mol. The standard InChI is InChI=1S/C14H19N5OS/c1-4-10(2)19-12(6-9-17-19)18-13(20)11(3)21-14-15-7-5-8-16-14/h5-11H,4H2,1-3H3,(H,18,20)/t10-,11+/m0/s1. The van der Waals surface area contributed by atoms with Crippen molar-refractivity contribution in [3.05, 3.63) is 30.7 Å². The van der Waals surface area contributed by atoms with E-state index in [1.807, 2.05) is 11.6 Å². The number of rotatable bonds is 6. The van der Waals surface area contributed by atoms with Crippen molar-refractivity contribution in [2.24, 2.45) is 0 Å². The number of anilines is 1. The van der Waals surface area contributed by atoms with Crippen LogP contribution in [0.2, 0.25) is 0 Å². The Morgan fingerprint density at radius 1 is 1.33 bits per heavy atom. The number of hydrogen-bond acceptors (Lipinski definition) is 5. The van der Waals surface area contributed by atoms with Gasteiger partial charge in [-0.3, -0.25) is 4.79 Å². The lowest BCUT2D eigenvalue weighted by Crippen LogP contribution is -2.25. The third-order valence-corrected chi connectivity index (χ3v) is 4.11. The summed E-state index contributed by atoms with van der Waals surface area (Å²) >= 11 is 1.33. The monoisotopic (exact) mass is 305 g/mol. The Morgan fingerprint density at radius 3 is 2.71 bits per heavy atom. The maximum atomic E-state index is 12.2. The van der Waals surface area contributed by atoms with Crippen LogP contribution in [0.15, 0.2) is 35.9 Å². The smallest absolute Gasteiger partial charge is 0.238 e. The maximum Gasteiger partial charge on any atom is 0.238 e. The predicted octanol–water partition coefficient (Wildman–Crippen LogP) is 2.76. The second-order valence-electron chi connectivity index (χ2n) is 4.70. The normalized spacial score (nSPS) is 13.7. The lowest BCUT2D eigenvalue weighted by molar-refractivity contribution is -0.115. The molecular formula is C14H19N5OS. The summed E-state index contributed by atoms with van der Waals surface area (Å²) < 4.78 is 1.83. The van der Waals surface area contributed by atoms with Gasteiger partial charge in [0.15, 0.2) is 5.16 Å². The van der Waals surface area contributed by atoms with E-state index in [2.05, 4.69) is 34.2 Å². The summed E-state index contributed by atoms with van der Waals surface area (Å²) in [6.45, 7) is 5.99. The van der Waals surface area contributed by atoms with Crippen molar-refractivity contribution in [3.8, 4) is 0 Å². The number of amides is 1. The van der Waals surface area contributed by atoms with Gasteiger partial charge in [0.05, 0.1) is 17.5 Å². The van der Waals surface area contributed by atoms with Crippen molar-refractivity contribution in [3.63, 3.8) is 0 Å². The molecule has 2 aromatic heterocycles. The van der Waals surface area contributed by atoms with E-state index in [1.165, 1.54) is 11.8 Å². The Hall–Kier alpha value is -1.89. The van der Waals surface area contributed by atoms with Crippen LogP contribution in [0.3, 0.4) is 0 Å². The molecule has 0 aliphatic carbocycles. The lowest BCUT2D eigenvalue weighted by Gasteiger charge is -2.16. The summed E-state index contributed by atoms with van der Waals surface area (Å²) in [6, 6.07) is 3.80. The van der Waals surface area contributed by atoms with Gasteiger partial charge in [-0.2, -0.15) is 5.10 Å². The first-order valence-electron chi connectivity index (χ1n) is 6.89. The van der Waals surface area contributed by atoms with Gasteiger partial charge in [0, 0.05) is 18.5 Å². The van der Waals surface area contributed by atoms with E-state index in [-0.39, 0.29) is 17.2 Å². The minimum absolute atomic E-state index is 0.0856. The third-order valence-electron chi connectivity index (χ3n) is 3.12. The topological polar surface area (TPSA) is 72.7 Å². The molecule has 2 rings (SSSR count). The van der Waals surface area contributed by atoms with Gasteiger partial charge in [-0.05, 0) is 26.3 Å². The first kappa shape index (κ1) is 15.5. The molecule has 1 amide bonds. The van der Waals surface area contributed by atoms with Gasteiger partial charge >= 0.3 is 0 Å². The van der Waals surface area contributed by atoms with Gasteiger partial charge in [-0.15, -0.1) is 0 Å². The zero-order valence-electron chi connectivity index (χ0n) is 12.4. The molecule has 0 fully saturated rings. The molecule has 0 saturated carbocycles. The van der Waals surface area contributed by atoms with Crippen LogP contribution in [-0.2, 0) is 4.79 Å². The van der Waals surface area contributed by atoms with Crippen molar-refractivity contribution in [2.75, 3.05) is 5.32 Å². The van der Waals surface area contributed by atoms with Crippen LogP contribution in [0.5, 0.6) is 0 Å². The van der Waals surface area contributed by atoms with Crippen molar-refractivity contribution in [1.82, 2.24) is 19.7 Å². The maximum absolute atomic E-state index is 12.2. The molecule has 0 aliphatic heterocycles. The van der Waals surface area contributed by atoms with Gasteiger partial charge in [-0.1, -0.05) is 18.7 Å². The van der Waals surface area contributed by atoms with Crippen molar-refractivity contribution in [2.45, 2.75) is 43.6 Å². The number of carbonyl (C=O) groups is 1. The van der Waals surface area contributed by atoms with Crippen LogP contribution < -0.4 is 5.32 Å². The van der Waals surface area contributed by atoms with E-state index >= 15 is 0 Å². The molecule has 1 N–H and O–H groups in total. The molecule has 2 aromatic rings. The summed E-state index contributed by atoms with van der Waals surface area (Å²) in [7, 11) is 0. The van der Waals surface area contributed by atoms with Crippen LogP contribution in [0.25, 0.3) is 0 Å². The Kier molecular flexibility index (Phi) is 5.32. The molecule has 0 aromatic carbocycles. The fourth-order valence-electron chi connectivity index (χ4n) is 1.72. The number of carbonyl (C=O) groups excluding carboxylic acids is 1.